The summed E-state index contributed by atoms with van der Waals surface area (Å²) in [5.74, 6) is -0.322. The summed E-state index contributed by atoms with van der Waals surface area (Å²) in [6.45, 7) is 9.24. The summed E-state index contributed by atoms with van der Waals surface area (Å²) in [5.41, 5.74) is 0. The summed E-state index contributed by atoms with van der Waals surface area (Å²) in [4.78, 5) is 15.4. The van der Waals surface area contributed by atoms with E-state index in [0.717, 1.165) is 32.6 Å². The Kier molecular flexibility index (Phi) is 10.4. The third-order valence-corrected chi connectivity index (χ3v) is 3.01. The minimum absolute atomic E-state index is 0. The van der Waals surface area contributed by atoms with Gasteiger partial charge in [0.05, 0.1) is 13.3 Å². The number of carbonyl (C=O) groups is 1. The monoisotopic (exact) mass is 332 g/mol. The lowest BCUT2D eigenvalue weighted by molar-refractivity contribution is -0.137. The minimum Gasteiger partial charge on any atom is -0.463 e. The van der Waals surface area contributed by atoms with Gasteiger partial charge < -0.3 is 14.5 Å². The first-order chi connectivity index (χ1) is 8.76. The van der Waals surface area contributed by atoms with E-state index in [0.29, 0.717) is 6.61 Å². The molecule has 0 aromatic rings. The van der Waals surface area contributed by atoms with Crippen LogP contribution in [0, 0.1) is 0 Å². The van der Waals surface area contributed by atoms with Crippen LogP contribution in [0.25, 0.3) is 0 Å². The van der Waals surface area contributed by atoms with Crippen molar-refractivity contribution in [3.63, 3.8) is 0 Å². The normalized spacial score (nSPS) is 13.3. The second-order valence-electron chi connectivity index (χ2n) is 4.44. The van der Waals surface area contributed by atoms with Crippen molar-refractivity contribution in [3.05, 3.63) is 25.1 Å². The summed E-state index contributed by atoms with van der Waals surface area (Å²) >= 11 is 0. The summed E-state index contributed by atoms with van der Waals surface area (Å²) in [6.07, 6.45) is 9.94. The lowest BCUT2D eigenvalue weighted by atomic mass is 10.2. The fourth-order valence-corrected chi connectivity index (χ4v) is 1.87. The molecule has 1 heterocycles. The van der Waals surface area contributed by atoms with Crippen molar-refractivity contribution in [3.8, 4) is 0 Å². The Morgan fingerprint density at radius 3 is 2.58 bits per heavy atom. The SMILES string of the molecule is Br.C=CC(=O)OCCCCCCN1C=CN(CC)C1. The standard InChI is InChI=1S/C14H24N2O2.BrH/c1-3-14(17)18-12-8-6-5-7-9-16-11-10-15(4-2)13-16;/h3,10-11H,1,4-9,12-13H2,2H3;1H. The van der Waals surface area contributed by atoms with Crippen molar-refractivity contribution in [2.24, 2.45) is 0 Å². The smallest absolute Gasteiger partial charge is 0.330 e. The summed E-state index contributed by atoms with van der Waals surface area (Å²) < 4.78 is 4.91. The van der Waals surface area contributed by atoms with E-state index in [1.54, 1.807) is 0 Å². The molecular weight excluding hydrogens is 308 g/mol. The van der Waals surface area contributed by atoms with Crippen LogP contribution in [0.1, 0.15) is 32.6 Å². The van der Waals surface area contributed by atoms with Crippen molar-refractivity contribution in [1.29, 1.82) is 0 Å². The zero-order chi connectivity index (χ0) is 13.2. The summed E-state index contributed by atoms with van der Waals surface area (Å²) in [5, 5.41) is 0. The van der Waals surface area contributed by atoms with Gasteiger partial charge in [-0.3, -0.25) is 0 Å². The number of hydrogen-bond donors (Lipinski definition) is 0. The summed E-state index contributed by atoms with van der Waals surface area (Å²) in [7, 11) is 0. The van der Waals surface area contributed by atoms with Gasteiger partial charge in [0.1, 0.15) is 0 Å². The molecule has 1 aliphatic rings. The first-order valence-corrected chi connectivity index (χ1v) is 6.72. The number of halogens is 1. The van der Waals surface area contributed by atoms with Crippen LogP contribution in [0.15, 0.2) is 25.1 Å². The fraction of sp³-hybridized carbons (Fsp3) is 0.643. The van der Waals surface area contributed by atoms with Gasteiger partial charge in [-0.05, 0) is 26.2 Å². The average Bonchev–Trinajstić information content (AvgIpc) is 2.85. The molecule has 0 radical (unpaired) electrons. The zero-order valence-corrected chi connectivity index (χ0v) is 13.4. The molecule has 0 unspecified atom stereocenters. The van der Waals surface area contributed by atoms with Crippen LogP contribution >= 0.6 is 17.0 Å². The molecule has 0 aliphatic carbocycles. The molecular formula is C14H25BrN2O2. The molecule has 0 bridgehead atoms. The van der Waals surface area contributed by atoms with Crippen LogP contribution in [0.3, 0.4) is 0 Å². The topological polar surface area (TPSA) is 32.8 Å². The highest BCUT2D eigenvalue weighted by Crippen LogP contribution is 2.08. The van der Waals surface area contributed by atoms with Gasteiger partial charge >= 0.3 is 5.97 Å². The lowest BCUT2D eigenvalue weighted by Gasteiger charge is -2.19. The van der Waals surface area contributed by atoms with Gasteiger partial charge in [0.2, 0.25) is 0 Å². The Balaban J connectivity index is 0.00000324. The van der Waals surface area contributed by atoms with E-state index in [1.807, 2.05) is 0 Å². The Hall–Kier alpha value is -0.970. The van der Waals surface area contributed by atoms with Crippen molar-refractivity contribution in [2.75, 3.05) is 26.4 Å². The largest absolute Gasteiger partial charge is 0.463 e. The molecule has 0 saturated carbocycles. The number of esters is 1. The van der Waals surface area contributed by atoms with Gasteiger partial charge in [0.15, 0.2) is 0 Å². The van der Waals surface area contributed by atoms with E-state index >= 15 is 0 Å². The maximum atomic E-state index is 10.8. The number of unbranched alkanes of at least 4 members (excludes halogenated alkanes) is 3. The fourth-order valence-electron chi connectivity index (χ4n) is 1.87. The maximum absolute atomic E-state index is 10.8. The molecule has 19 heavy (non-hydrogen) atoms. The van der Waals surface area contributed by atoms with Gasteiger partial charge in [0.25, 0.3) is 0 Å². The van der Waals surface area contributed by atoms with E-state index < -0.39 is 0 Å². The molecule has 0 amide bonds. The van der Waals surface area contributed by atoms with Crippen LogP contribution in [-0.4, -0.2) is 42.1 Å². The maximum Gasteiger partial charge on any atom is 0.330 e. The molecule has 5 heteroatoms. The molecule has 0 atom stereocenters. The quantitative estimate of drug-likeness (QED) is 0.369. The first kappa shape index (κ1) is 18.0. The van der Waals surface area contributed by atoms with Gasteiger partial charge in [-0.1, -0.05) is 13.0 Å². The van der Waals surface area contributed by atoms with Crippen LogP contribution in [-0.2, 0) is 9.53 Å². The number of hydrogen-bond acceptors (Lipinski definition) is 4. The van der Waals surface area contributed by atoms with E-state index in [2.05, 4.69) is 35.7 Å². The number of carbonyl (C=O) groups excluding carboxylic acids is 1. The number of rotatable bonds is 9. The van der Waals surface area contributed by atoms with Crippen LogP contribution in [0.4, 0.5) is 0 Å². The van der Waals surface area contributed by atoms with Crippen molar-refractivity contribution >= 4 is 23.0 Å². The molecule has 4 nitrogen and oxygen atoms in total. The highest BCUT2D eigenvalue weighted by atomic mass is 79.9. The van der Waals surface area contributed by atoms with E-state index in [9.17, 15) is 4.79 Å². The average molecular weight is 333 g/mol. The van der Waals surface area contributed by atoms with E-state index in [1.165, 1.54) is 18.9 Å². The first-order valence-electron chi connectivity index (χ1n) is 6.72. The van der Waals surface area contributed by atoms with Crippen LogP contribution in [0.2, 0.25) is 0 Å². The molecule has 1 aliphatic heterocycles. The zero-order valence-electron chi connectivity index (χ0n) is 11.7. The second-order valence-corrected chi connectivity index (χ2v) is 4.44. The number of nitrogens with zero attached hydrogens (tertiary/aromatic N) is 2. The van der Waals surface area contributed by atoms with Gasteiger partial charge in [-0.2, -0.15) is 0 Å². The van der Waals surface area contributed by atoms with Gasteiger partial charge in [-0.25, -0.2) is 4.79 Å². The lowest BCUT2D eigenvalue weighted by Crippen LogP contribution is -2.25. The van der Waals surface area contributed by atoms with Crippen molar-refractivity contribution in [2.45, 2.75) is 32.6 Å². The molecule has 0 spiro atoms. The molecule has 0 aromatic heterocycles. The molecule has 0 saturated heterocycles. The summed E-state index contributed by atoms with van der Waals surface area (Å²) in [6, 6.07) is 0. The third-order valence-electron chi connectivity index (χ3n) is 3.01. The van der Waals surface area contributed by atoms with Crippen molar-refractivity contribution in [1.82, 2.24) is 9.80 Å². The minimum atomic E-state index is -0.322. The molecule has 0 N–H and O–H groups in total. The third kappa shape index (κ3) is 7.93. The highest BCUT2D eigenvalue weighted by Gasteiger charge is 2.08. The molecule has 0 aromatic carbocycles. The predicted molar refractivity (Wildman–Crippen MR) is 83.0 cm³/mol. The van der Waals surface area contributed by atoms with Crippen LogP contribution < -0.4 is 0 Å². The number of ether oxygens (including phenoxy) is 1. The molecule has 110 valence electrons. The predicted octanol–water partition coefficient (Wildman–Crippen LogP) is 2.92. The van der Waals surface area contributed by atoms with E-state index in [4.69, 9.17) is 4.74 Å². The van der Waals surface area contributed by atoms with Crippen molar-refractivity contribution < 1.29 is 9.53 Å². The highest BCUT2D eigenvalue weighted by molar-refractivity contribution is 8.93. The Morgan fingerprint density at radius 1 is 1.26 bits per heavy atom. The van der Waals surface area contributed by atoms with Crippen LogP contribution in [0.5, 0.6) is 0 Å². The Bertz CT molecular complexity index is 295. The van der Waals surface area contributed by atoms with Gasteiger partial charge in [0, 0.05) is 31.6 Å². The van der Waals surface area contributed by atoms with Gasteiger partial charge in [-0.15, -0.1) is 17.0 Å². The van der Waals surface area contributed by atoms with E-state index in [-0.39, 0.29) is 23.0 Å². The molecule has 1 rings (SSSR count). The Labute approximate surface area is 126 Å². The molecule has 0 fully saturated rings. The Morgan fingerprint density at radius 2 is 1.95 bits per heavy atom. The second kappa shape index (κ2) is 10.9.